The molecule has 0 bridgehead atoms. The molecule has 4 aromatic rings. The molecule has 2 heterocycles. The van der Waals surface area contributed by atoms with E-state index in [1.165, 1.54) is 30.6 Å². The zero-order valence-electron chi connectivity index (χ0n) is 14.3. The first-order chi connectivity index (χ1) is 13.2. The Morgan fingerprint density at radius 1 is 1.19 bits per heavy atom. The minimum atomic E-state index is -0.302. The second kappa shape index (κ2) is 7.05. The van der Waals surface area contributed by atoms with E-state index in [-0.39, 0.29) is 17.4 Å². The highest BCUT2D eigenvalue weighted by Crippen LogP contribution is 2.34. The van der Waals surface area contributed by atoms with Crippen LogP contribution in [-0.4, -0.2) is 28.1 Å². The number of hydrogen-bond donors (Lipinski definition) is 2. The monoisotopic (exact) mass is 377 g/mol. The summed E-state index contributed by atoms with van der Waals surface area (Å²) >= 11 is 1.52. The maximum absolute atomic E-state index is 12.7. The first kappa shape index (κ1) is 17.0. The number of amides is 1. The van der Waals surface area contributed by atoms with Crippen LogP contribution >= 0.6 is 11.3 Å². The number of phenolic OH excluding ortho intramolecular Hbond substituents is 1. The average molecular weight is 377 g/mol. The second-order valence-electron chi connectivity index (χ2n) is 5.75. The fraction of sp³-hybridized carbons (Fsp3) is 0.0500. The lowest BCUT2D eigenvalue weighted by molar-refractivity contribution is 0.102. The summed E-state index contributed by atoms with van der Waals surface area (Å²) in [7, 11) is 1.44. The number of aromatic hydroxyl groups is 1. The van der Waals surface area contributed by atoms with Crippen LogP contribution in [0.2, 0.25) is 0 Å². The maximum Gasteiger partial charge on any atom is 0.255 e. The minimum Gasteiger partial charge on any atom is -0.504 e. The molecule has 0 fully saturated rings. The molecule has 0 saturated heterocycles. The lowest BCUT2D eigenvalue weighted by atomic mass is 10.1. The highest BCUT2D eigenvalue weighted by atomic mass is 32.1. The van der Waals surface area contributed by atoms with Crippen molar-refractivity contribution in [1.29, 1.82) is 0 Å². The Bertz CT molecular complexity index is 1110. The first-order valence-corrected chi connectivity index (χ1v) is 8.95. The van der Waals surface area contributed by atoms with Crippen molar-refractivity contribution < 1.29 is 14.6 Å². The number of phenols is 1. The standard InChI is InChI=1S/C20H15N3O3S/c1-26-17-10-12(6-7-16(17)24)19(25)22-14-5-3-2-4-13(14)20-23-15-8-9-21-11-18(15)27-20/h2-11,24H,1H3,(H,22,25). The number of ether oxygens (including phenoxy) is 1. The molecule has 134 valence electrons. The SMILES string of the molecule is COc1cc(C(=O)Nc2ccccc2-c2nc3ccncc3s2)ccc1O. The fourth-order valence-electron chi connectivity index (χ4n) is 2.69. The summed E-state index contributed by atoms with van der Waals surface area (Å²) in [5.74, 6) is -0.0735. The highest BCUT2D eigenvalue weighted by Gasteiger charge is 2.15. The number of nitrogens with zero attached hydrogens (tertiary/aromatic N) is 2. The number of thiazole rings is 1. The molecule has 7 heteroatoms. The quantitative estimate of drug-likeness (QED) is 0.553. The van der Waals surface area contributed by atoms with Gasteiger partial charge in [-0.2, -0.15) is 0 Å². The molecule has 0 aliphatic carbocycles. The number of rotatable bonds is 4. The molecule has 0 atom stereocenters. The van der Waals surface area contributed by atoms with Crippen molar-refractivity contribution in [3.63, 3.8) is 0 Å². The van der Waals surface area contributed by atoms with Gasteiger partial charge in [0.15, 0.2) is 11.5 Å². The molecule has 0 radical (unpaired) electrons. The van der Waals surface area contributed by atoms with Crippen LogP contribution in [0.25, 0.3) is 20.8 Å². The first-order valence-electron chi connectivity index (χ1n) is 8.14. The third kappa shape index (κ3) is 3.32. The van der Waals surface area contributed by atoms with Crippen molar-refractivity contribution in [2.45, 2.75) is 0 Å². The molecular formula is C20H15N3O3S. The number of carbonyl (C=O) groups excluding carboxylic acids is 1. The Hall–Kier alpha value is -3.45. The van der Waals surface area contributed by atoms with Gasteiger partial charge in [0.2, 0.25) is 0 Å². The third-order valence-electron chi connectivity index (χ3n) is 4.04. The van der Waals surface area contributed by atoms with Crippen molar-refractivity contribution in [2.75, 3.05) is 12.4 Å². The number of benzene rings is 2. The van der Waals surface area contributed by atoms with Crippen molar-refractivity contribution in [1.82, 2.24) is 9.97 Å². The smallest absolute Gasteiger partial charge is 0.255 e. The highest BCUT2D eigenvalue weighted by molar-refractivity contribution is 7.21. The van der Waals surface area contributed by atoms with Crippen LogP contribution in [0.4, 0.5) is 5.69 Å². The van der Waals surface area contributed by atoms with Gasteiger partial charge in [0.25, 0.3) is 5.91 Å². The van der Waals surface area contributed by atoms with E-state index in [2.05, 4.69) is 15.3 Å². The van der Waals surface area contributed by atoms with Gasteiger partial charge >= 0.3 is 0 Å². The van der Waals surface area contributed by atoms with Gasteiger partial charge in [0.05, 0.1) is 23.0 Å². The molecule has 0 aliphatic rings. The number of anilines is 1. The zero-order valence-corrected chi connectivity index (χ0v) is 15.2. The molecule has 27 heavy (non-hydrogen) atoms. The molecule has 1 amide bonds. The summed E-state index contributed by atoms with van der Waals surface area (Å²) < 4.78 is 6.05. The number of nitrogens with one attached hydrogen (secondary N) is 1. The van der Waals surface area contributed by atoms with Crippen LogP contribution in [0.3, 0.4) is 0 Å². The lowest BCUT2D eigenvalue weighted by Gasteiger charge is -2.10. The number of methoxy groups -OCH3 is 1. The minimum absolute atomic E-state index is 0.0162. The van der Waals surface area contributed by atoms with Crippen molar-refractivity contribution in [3.8, 4) is 22.1 Å². The molecular weight excluding hydrogens is 362 g/mol. The Balaban J connectivity index is 1.68. The zero-order chi connectivity index (χ0) is 18.8. The van der Waals surface area contributed by atoms with Gasteiger partial charge in [-0.15, -0.1) is 11.3 Å². The van der Waals surface area contributed by atoms with Gasteiger partial charge in [-0.3, -0.25) is 9.78 Å². The molecule has 2 N–H and O–H groups in total. The Labute approximate surface area is 159 Å². The van der Waals surface area contributed by atoms with Crippen molar-refractivity contribution >= 4 is 33.1 Å². The topological polar surface area (TPSA) is 84.3 Å². The number of pyridine rings is 1. The lowest BCUT2D eigenvalue weighted by Crippen LogP contribution is -2.12. The van der Waals surface area contributed by atoms with E-state index in [0.717, 1.165) is 20.8 Å². The third-order valence-corrected chi connectivity index (χ3v) is 5.08. The van der Waals surface area contributed by atoms with E-state index in [4.69, 9.17) is 4.74 Å². The Kier molecular flexibility index (Phi) is 4.43. The molecule has 0 unspecified atom stereocenters. The predicted molar refractivity (Wildman–Crippen MR) is 105 cm³/mol. The molecule has 0 aliphatic heterocycles. The summed E-state index contributed by atoms with van der Waals surface area (Å²) in [5, 5.41) is 13.4. The second-order valence-corrected chi connectivity index (χ2v) is 6.78. The maximum atomic E-state index is 12.7. The Morgan fingerprint density at radius 3 is 2.85 bits per heavy atom. The van der Waals surface area contributed by atoms with Crippen LogP contribution < -0.4 is 10.1 Å². The number of aromatic nitrogens is 2. The van der Waals surface area contributed by atoms with Gasteiger partial charge in [-0.25, -0.2) is 4.98 Å². The van der Waals surface area contributed by atoms with E-state index in [1.807, 2.05) is 30.3 Å². The van der Waals surface area contributed by atoms with Gasteiger partial charge in [0, 0.05) is 23.5 Å². The van der Waals surface area contributed by atoms with Gasteiger partial charge in [-0.1, -0.05) is 12.1 Å². The normalized spacial score (nSPS) is 10.7. The Morgan fingerprint density at radius 2 is 2.04 bits per heavy atom. The van der Waals surface area contributed by atoms with E-state index >= 15 is 0 Å². The molecule has 0 saturated carbocycles. The number of fused-ring (bicyclic) bond motifs is 1. The summed E-state index contributed by atoms with van der Waals surface area (Å²) in [6.45, 7) is 0. The largest absolute Gasteiger partial charge is 0.504 e. The van der Waals surface area contributed by atoms with E-state index < -0.39 is 0 Å². The number of carbonyl (C=O) groups is 1. The molecule has 2 aromatic heterocycles. The van der Waals surface area contributed by atoms with E-state index in [9.17, 15) is 9.90 Å². The number of hydrogen-bond acceptors (Lipinski definition) is 6. The summed E-state index contributed by atoms with van der Waals surface area (Å²) in [5.41, 5.74) is 2.74. The number of para-hydroxylation sites is 1. The van der Waals surface area contributed by atoms with Crippen LogP contribution in [0.5, 0.6) is 11.5 Å². The van der Waals surface area contributed by atoms with E-state index in [0.29, 0.717) is 11.3 Å². The molecule has 2 aromatic carbocycles. The van der Waals surface area contributed by atoms with Crippen molar-refractivity contribution in [3.05, 3.63) is 66.5 Å². The van der Waals surface area contributed by atoms with Crippen LogP contribution in [0.1, 0.15) is 10.4 Å². The van der Waals surface area contributed by atoms with Crippen LogP contribution in [-0.2, 0) is 0 Å². The summed E-state index contributed by atoms with van der Waals surface area (Å²) in [6, 6.07) is 13.8. The van der Waals surface area contributed by atoms with Gasteiger partial charge in [-0.05, 0) is 36.4 Å². The average Bonchev–Trinajstić information content (AvgIpc) is 3.12. The van der Waals surface area contributed by atoms with Crippen LogP contribution in [0, 0.1) is 0 Å². The van der Waals surface area contributed by atoms with Gasteiger partial charge < -0.3 is 15.2 Å². The summed E-state index contributed by atoms with van der Waals surface area (Å²) in [4.78, 5) is 21.4. The predicted octanol–water partition coefficient (Wildman–Crippen LogP) is 4.32. The van der Waals surface area contributed by atoms with Crippen LogP contribution in [0.15, 0.2) is 60.9 Å². The van der Waals surface area contributed by atoms with Crippen molar-refractivity contribution in [2.24, 2.45) is 0 Å². The molecule has 4 rings (SSSR count). The fourth-order valence-corrected chi connectivity index (χ4v) is 3.66. The van der Waals surface area contributed by atoms with E-state index in [1.54, 1.807) is 18.5 Å². The summed E-state index contributed by atoms with van der Waals surface area (Å²) in [6.07, 6.45) is 3.48. The molecule has 0 spiro atoms. The van der Waals surface area contributed by atoms with Gasteiger partial charge in [0.1, 0.15) is 5.01 Å². The molecule has 6 nitrogen and oxygen atoms in total.